The zero-order valence-electron chi connectivity index (χ0n) is 11.9. The van der Waals surface area contributed by atoms with E-state index < -0.39 is 0 Å². The first-order chi connectivity index (χ1) is 8.80. The lowest BCUT2D eigenvalue weighted by Gasteiger charge is -2.55. The van der Waals surface area contributed by atoms with Crippen LogP contribution in [0.4, 0.5) is 0 Å². The molecule has 1 aliphatic carbocycles. The summed E-state index contributed by atoms with van der Waals surface area (Å²) in [5, 5.41) is 4.53. The molecule has 103 valence electrons. The number of rotatable bonds is 1. The molecule has 18 heavy (non-hydrogen) atoms. The minimum absolute atomic E-state index is 0.521. The normalized spacial score (nSPS) is 31.8. The summed E-state index contributed by atoms with van der Waals surface area (Å²) in [6.45, 7) is 6.07. The van der Waals surface area contributed by atoms with Crippen molar-refractivity contribution in [3.05, 3.63) is 0 Å². The molecule has 3 rings (SSSR count). The van der Waals surface area contributed by atoms with Crippen molar-refractivity contribution in [2.45, 2.75) is 56.5 Å². The van der Waals surface area contributed by atoms with Gasteiger partial charge in [-0.2, -0.15) is 0 Å². The Bertz CT molecular complexity index is 267. The van der Waals surface area contributed by atoms with Gasteiger partial charge in [-0.3, -0.25) is 4.90 Å². The van der Waals surface area contributed by atoms with E-state index in [1.165, 1.54) is 64.6 Å². The molecule has 3 aliphatic rings. The van der Waals surface area contributed by atoms with Crippen molar-refractivity contribution < 1.29 is 0 Å². The molecule has 0 atom stereocenters. The van der Waals surface area contributed by atoms with Crippen LogP contribution in [-0.4, -0.2) is 61.2 Å². The zero-order chi connectivity index (χ0) is 12.4. The average molecular weight is 250 g/mol. The van der Waals surface area contributed by atoms with Crippen molar-refractivity contribution in [1.82, 2.24) is 15.1 Å². The second-order valence-electron chi connectivity index (χ2n) is 6.62. The molecular formula is C15H28N3. The van der Waals surface area contributed by atoms with Gasteiger partial charge in [-0.25, -0.2) is 5.32 Å². The highest BCUT2D eigenvalue weighted by Gasteiger charge is 2.44. The lowest BCUT2D eigenvalue weighted by Crippen LogP contribution is -2.65. The summed E-state index contributed by atoms with van der Waals surface area (Å²) < 4.78 is 0. The van der Waals surface area contributed by atoms with E-state index in [-0.39, 0.29) is 0 Å². The lowest BCUT2D eigenvalue weighted by atomic mass is 9.77. The maximum atomic E-state index is 4.53. The molecule has 0 aromatic rings. The summed E-state index contributed by atoms with van der Waals surface area (Å²) in [6.07, 6.45) is 9.84. The molecule has 0 N–H and O–H groups in total. The van der Waals surface area contributed by atoms with E-state index in [0.29, 0.717) is 5.54 Å². The first-order valence-electron chi connectivity index (χ1n) is 7.89. The Kier molecular flexibility index (Phi) is 3.92. The van der Waals surface area contributed by atoms with Crippen LogP contribution in [0.5, 0.6) is 0 Å². The number of nitrogens with zero attached hydrogens (tertiary/aromatic N) is 3. The summed E-state index contributed by atoms with van der Waals surface area (Å²) in [6, 6.07) is 0.828. The number of piperazine rings is 1. The quantitative estimate of drug-likeness (QED) is 0.706. The van der Waals surface area contributed by atoms with E-state index in [2.05, 4.69) is 22.2 Å². The Morgan fingerprint density at radius 2 is 1.72 bits per heavy atom. The molecule has 2 aliphatic heterocycles. The molecule has 0 aromatic carbocycles. The molecule has 1 spiro atoms. The largest absolute Gasteiger partial charge is 0.303 e. The Morgan fingerprint density at radius 3 is 2.44 bits per heavy atom. The minimum Gasteiger partial charge on any atom is -0.303 e. The van der Waals surface area contributed by atoms with Gasteiger partial charge < -0.3 is 4.90 Å². The second-order valence-corrected chi connectivity index (χ2v) is 6.62. The van der Waals surface area contributed by atoms with Gasteiger partial charge >= 0.3 is 0 Å². The smallest absolute Gasteiger partial charge is 0.0339 e. The number of hydrogen-bond acceptors (Lipinski definition) is 2. The monoisotopic (exact) mass is 250 g/mol. The highest BCUT2D eigenvalue weighted by Crippen LogP contribution is 2.38. The maximum Gasteiger partial charge on any atom is 0.0339 e. The van der Waals surface area contributed by atoms with E-state index >= 15 is 0 Å². The van der Waals surface area contributed by atoms with Crippen LogP contribution in [-0.2, 0) is 0 Å². The van der Waals surface area contributed by atoms with E-state index in [9.17, 15) is 0 Å². The van der Waals surface area contributed by atoms with E-state index in [1.54, 1.807) is 0 Å². The fourth-order valence-corrected chi connectivity index (χ4v) is 4.46. The Labute approximate surface area is 112 Å². The van der Waals surface area contributed by atoms with Crippen LogP contribution in [0.3, 0.4) is 0 Å². The summed E-state index contributed by atoms with van der Waals surface area (Å²) in [7, 11) is 2.31. The zero-order valence-corrected chi connectivity index (χ0v) is 11.9. The van der Waals surface area contributed by atoms with Crippen molar-refractivity contribution in [3.63, 3.8) is 0 Å². The third-order valence-corrected chi connectivity index (χ3v) is 5.36. The molecule has 0 aromatic heterocycles. The van der Waals surface area contributed by atoms with E-state index in [4.69, 9.17) is 0 Å². The van der Waals surface area contributed by atoms with Gasteiger partial charge in [0.25, 0.3) is 0 Å². The molecule has 0 unspecified atom stereocenters. The van der Waals surface area contributed by atoms with Crippen LogP contribution >= 0.6 is 0 Å². The molecular weight excluding hydrogens is 222 g/mol. The van der Waals surface area contributed by atoms with Crippen LogP contribution < -0.4 is 5.32 Å². The highest BCUT2D eigenvalue weighted by molar-refractivity contribution is 5.01. The van der Waals surface area contributed by atoms with Gasteiger partial charge in [0.1, 0.15) is 0 Å². The Balaban J connectivity index is 1.76. The molecule has 1 saturated carbocycles. The molecule has 0 amide bonds. The van der Waals surface area contributed by atoms with Crippen LogP contribution in [0.25, 0.3) is 0 Å². The van der Waals surface area contributed by atoms with Crippen LogP contribution in [0.15, 0.2) is 0 Å². The first kappa shape index (κ1) is 12.9. The predicted molar refractivity (Wildman–Crippen MR) is 74.9 cm³/mol. The third-order valence-electron chi connectivity index (χ3n) is 5.36. The molecule has 3 fully saturated rings. The van der Waals surface area contributed by atoms with Gasteiger partial charge in [0.15, 0.2) is 0 Å². The highest BCUT2D eigenvalue weighted by atomic mass is 15.3. The van der Waals surface area contributed by atoms with Crippen LogP contribution in [0.2, 0.25) is 0 Å². The maximum absolute atomic E-state index is 4.53. The lowest BCUT2D eigenvalue weighted by molar-refractivity contribution is -0.0527. The first-order valence-corrected chi connectivity index (χ1v) is 7.89. The molecule has 2 saturated heterocycles. The van der Waals surface area contributed by atoms with Gasteiger partial charge in [-0.05, 0) is 32.7 Å². The summed E-state index contributed by atoms with van der Waals surface area (Å²) >= 11 is 0. The molecule has 3 heteroatoms. The Morgan fingerprint density at radius 1 is 1.00 bits per heavy atom. The fraction of sp³-hybridized carbons (Fsp3) is 1.00. The van der Waals surface area contributed by atoms with Crippen molar-refractivity contribution in [3.8, 4) is 0 Å². The molecule has 2 heterocycles. The summed E-state index contributed by atoms with van der Waals surface area (Å²) in [5.41, 5.74) is 0.521. The standard InChI is InChI=1S/C15H28N3/c1-17-11-12-18(14-5-9-16-10-6-14)15(13-17)7-3-2-4-8-15/h14H,2-13H2,1H3. The second kappa shape index (κ2) is 5.48. The van der Waals surface area contributed by atoms with Crippen molar-refractivity contribution in [2.75, 3.05) is 39.8 Å². The third kappa shape index (κ3) is 2.45. The van der Waals surface area contributed by atoms with Crippen molar-refractivity contribution >= 4 is 0 Å². The molecule has 0 bridgehead atoms. The topological polar surface area (TPSA) is 20.6 Å². The minimum atomic E-state index is 0.521. The number of likely N-dealkylation sites (N-methyl/N-ethyl adjacent to an activating group) is 1. The fourth-order valence-electron chi connectivity index (χ4n) is 4.46. The van der Waals surface area contributed by atoms with Crippen LogP contribution in [0, 0.1) is 0 Å². The molecule has 1 radical (unpaired) electrons. The number of hydrogen-bond donors (Lipinski definition) is 0. The summed E-state index contributed by atoms with van der Waals surface area (Å²) in [5.74, 6) is 0. The van der Waals surface area contributed by atoms with Gasteiger partial charge in [0.2, 0.25) is 0 Å². The van der Waals surface area contributed by atoms with Gasteiger partial charge in [0.05, 0.1) is 0 Å². The van der Waals surface area contributed by atoms with Crippen molar-refractivity contribution in [2.24, 2.45) is 0 Å². The predicted octanol–water partition coefficient (Wildman–Crippen LogP) is 1.70. The van der Waals surface area contributed by atoms with Crippen molar-refractivity contribution in [1.29, 1.82) is 0 Å². The van der Waals surface area contributed by atoms with Gasteiger partial charge in [-0.1, -0.05) is 19.3 Å². The van der Waals surface area contributed by atoms with E-state index in [0.717, 1.165) is 19.1 Å². The van der Waals surface area contributed by atoms with E-state index in [1.807, 2.05) is 0 Å². The number of piperidine rings is 1. The van der Waals surface area contributed by atoms with Crippen LogP contribution in [0.1, 0.15) is 44.9 Å². The molecule has 3 nitrogen and oxygen atoms in total. The van der Waals surface area contributed by atoms with Gasteiger partial charge in [-0.15, -0.1) is 0 Å². The van der Waals surface area contributed by atoms with Gasteiger partial charge in [0, 0.05) is 44.3 Å². The average Bonchev–Trinajstić information content (AvgIpc) is 2.40. The Hall–Kier alpha value is -0.120. The summed E-state index contributed by atoms with van der Waals surface area (Å²) in [4.78, 5) is 5.48. The SMILES string of the molecule is CN1CCN(C2CC[N]CC2)C2(CCCCC2)C1.